The topological polar surface area (TPSA) is 61.4 Å². The predicted octanol–water partition coefficient (Wildman–Crippen LogP) is 1.04. The standard InChI is InChI=1S/C13H26N2O2/c1-11-10-12(6-8-14-11)13(17)15-7-4-2-3-5-9-16/h11-12,14,16H,2-10H2,1H3,(H,15,17). The third-order valence-electron chi connectivity index (χ3n) is 3.38. The van der Waals surface area contributed by atoms with Gasteiger partial charge in [0.2, 0.25) is 5.91 Å². The normalized spacial score (nSPS) is 24.6. The lowest BCUT2D eigenvalue weighted by Gasteiger charge is -2.27. The van der Waals surface area contributed by atoms with Crippen LogP contribution in [0.15, 0.2) is 0 Å². The number of carbonyl (C=O) groups is 1. The van der Waals surface area contributed by atoms with Gasteiger partial charge in [-0.25, -0.2) is 0 Å². The van der Waals surface area contributed by atoms with Gasteiger partial charge in [0.1, 0.15) is 0 Å². The molecule has 0 aromatic carbocycles. The largest absolute Gasteiger partial charge is 0.396 e. The summed E-state index contributed by atoms with van der Waals surface area (Å²) in [6, 6.07) is 0.462. The number of hydrogen-bond donors (Lipinski definition) is 3. The van der Waals surface area contributed by atoms with Gasteiger partial charge in [-0.3, -0.25) is 4.79 Å². The van der Waals surface area contributed by atoms with Gasteiger partial charge in [-0.2, -0.15) is 0 Å². The molecule has 0 aliphatic carbocycles. The Balaban J connectivity index is 2.04. The number of carbonyl (C=O) groups excluding carboxylic acids is 1. The summed E-state index contributed by atoms with van der Waals surface area (Å²) in [5.41, 5.74) is 0. The van der Waals surface area contributed by atoms with Crippen molar-refractivity contribution in [1.82, 2.24) is 10.6 Å². The van der Waals surface area contributed by atoms with E-state index in [1.165, 1.54) is 0 Å². The second-order valence-corrected chi connectivity index (χ2v) is 5.01. The number of amides is 1. The Morgan fingerprint density at radius 1 is 1.35 bits per heavy atom. The highest BCUT2D eigenvalue weighted by atomic mass is 16.2. The van der Waals surface area contributed by atoms with Gasteiger partial charge in [0, 0.05) is 25.1 Å². The molecule has 100 valence electrons. The lowest BCUT2D eigenvalue weighted by molar-refractivity contribution is -0.126. The zero-order chi connectivity index (χ0) is 12.5. The van der Waals surface area contributed by atoms with Crippen LogP contribution in [0.3, 0.4) is 0 Å². The molecule has 2 unspecified atom stereocenters. The van der Waals surface area contributed by atoms with Crippen LogP contribution in [-0.2, 0) is 4.79 Å². The molecule has 1 amide bonds. The molecule has 3 N–H and O–H groups in total. The van der Waals surface area contributed by atoms with Crippen molar-refractivity contribution in [3.8, 4) is 0 Å². The first-order valence-electron chi connectivity index (χ1n) is 6.86. The van der Waals surface area contributed by atoms with E-state index in [0.717, 1.165) is 51.6 Å². The van der Waals surface area contributed by atoms with E-state index in [2.05, 4.69) is 17.6 Å². The van der Waals surface area contributed by atoms with E-state index in [4.69, 9.17) is 5.11 Å². The molecule has 1 rings (SSSR count). The molecule has 1 aliphatic heterocycles. The van der Waals surface area contributed by atoms with Gasteiger partial charge in [-0.1, -0.05) is 12.8 Å². The maximum absolute atomic E-state index is 11.9. The summed E-state index contributed by atoms with van der Waals surface area (Å²) in [6.07, 6.45) is 5.95. The van der Waals surface area contributed by atoms with Crippen molar-refractivity contribution in [3.63, 3.8) is 0 Å². The Bertz CT molecular complexity index is 221. The van der Waals surface area contributed by atoms with Gasteiger partial charge >= 0.3 is 0 Å². The van der Waals surface area contributed by atoms with E-state index in [1.54, 1.807) is 0 Å². The molecular weight excluding hydrogens is 216 g/mol. The fourth-order valence-corrected chi connectivity index (χ4v) is 2.32. The van der Waals surface area contributed by atoms with Crippen molar-refractivity contribution in [2.24, 2.45) is 5.92 Å². The quantitative estimate of drug-likeness (QED) is 0.585. The lowest BCUT2D eigenvalue weighted by Crippen LogP contribution is -2.42. The summed E-state index contributed by atoms with van der Waals surface area (Å²) >= 11 is 0. The van der Waals surface area contributed by atoms with Gasteiger partial charge in [-0.15, -0.1) is 0 Å². The monoisotopic (exact) mass is 242 g/mol. The summed E-state index contributed by atoms with van der Waals surface area (Å²) in [4.78, 5) is 11.9. The second-order valence-electron chi connectivity index (χ2n) is 5.01. The Morgan fingerprint density at radius 3 is 2.82 bits per heavy atom. The predicted molar refractivity (Wildman–Crippen MR) is 68.8 cm³/mol. The van der Waals surface area contributed by atoms with E-state index in [-0.39, 0.29) is 18.4 Å². The summed E-state index contributed by atoms with van der Waals surface area (Å²) < 4.78 is 0. The molecule has 1 saturated heterocycles. The van der Waals surface area contributed by atoms with Crippen LogP contribution in [0, 0.1) is 5.92 Å². The molecule has 0 aromatic rings. The number of aliphatic hydroxyl groups excluding tert-OH is 1. The summed E-state index contributed by atoms with van der Waals surface area (Å²) in [5, 5.41) is 15.0. The molecule has 2 atom stereocenters. The first-order chi connectivity index (χ1) is 8.24. The molecule has 1 aliphatic rings. The molecule has 0 radical (unpaired) electrons. The van der Waals surface area contributed by atoms with E-state index in [9.17, 15) is 4.79 Å². The zero-order valence-electron chi connectivity index (χ0n) is 10.9. The average molecular weight is 242 g/mol. The van der Waals surface area contributed by atoms with Gasteiger partial charge < -0.3 is 15.7 Å². The van der Waals surface area contributed by atoms with Gasteiger partial charge in [0.25, 0.3) is 0 Å². The molecule has 4 heteroatoms. The molecule has 0 bridgehead atoms. The zero-order valence-corrected chi connectivity index (χ0v) is 10.9. The van der Waals surface area contributed by atoms with E-state index < -0.39 is 0 Å². The van der Waals surface area contributed by atoms with Crippen molar-refractivity contribution >= 4 is 5.91 Å². The van der Waals surface area contributed by atoms with Crippen LogP contribution in [-0.4, -0.2) is 36.8 Å². The van der Waals surface area contributed by atoms with E-state index >= 15 is 0 Å². The average Bonchev–Trinajstić information content (AvgIpc) is 2.33. The smallest absolute Gasteiger partial charge is 0.223 e. The van der Waals surface area contributed by atoms with Crippen LogP contribution in [0.25, 0.3) is 0 Å². The van der Waals surface area contributed by atoms with Crippen LogP contribution >= 0.6 is 0 Å². The van der Waals surface area contributed by atoms with Crippen molar-refractivity contribution in [3.05, 3.63) is 0 Å². The molecule has 0 aromatic heterocycles. The number of piperidine rings is 1. The number of rotatable bonds is 7. The molecule has 1 fully saturated rings. The molecule has 4 nitrogen and oxygen atoms in total. The molecule has 1 heterocycles. The van der Waals surface area contributed by atoms with E-state index in [0.29, 0.717) is 6.04 Å². The third kappa shape index (κ3) is 6.03. The summed E-state index contributed by atoms with van der Waals surface area (Å²) in [7, 11) is 0. The second kappa shape index (κ2) is 8.48. The maximum atomic E-state index is 11.9. The number of nitrogens with one attached hydrogen (secondary N) is 2. The number of aliphatic hydroxyl groups is 1. The maximum Gasteiger partial charge on any atom is 0.223 e. The van der Waals surface area contributed by atoms with Crippen LogP contribution in [0.4, 0.5) is 0 Å². The minimum absolute atomic E-state index is 0.198. The van der Waals surface area contributed by atoms with Crippen molar-refractivity contribution in [1.29, 1.82) is 0 Å². The summed E-state index contributed by atoms with van der Waals surface area (Å²) in [6.45, 7) is 4.14. The van der Waals surface area contributed by atoms with Crippen LogP contribution in [0.1, 0.15) is 45.4 Å². The summed E-state index contributed by atoms with van der Waals surface area (Å²) in [5.74, 6) is 0.421. The fourth-order valence-electron chi connectivity index (χ4n) is 2.32. The van der Waals surface area contributed by atoms with Crippen molar-refractivity contribution in [2.75, 3.05) is 19.7 Å². The fraction of sp³-hybridized carbons (Fsp3) is 0.923. The Kier molecular flexibility index (Phi) is 7.21. The molecule has 0 saturated carbocycles. The number of hydrogen-bond acceptors (Lipinski definition) is 3. The van der Waals surface area contributed by atoms with Gasteiger partial charge in [0.15, 0.2) is 0 Å². The molecule has 17 heavy (non-hydrogen) atoms. The van der Waals surface area contributed by atoms with Crippen LogP contribution < -0.4 is 10.6 Å². The lowest BCUT2D eigenvalue weighted by atomic mass is 9.92. The Morgan fingerprint density at radius 2 is 2.12 bits per heavy atom. The minimum atomic E-state index is 0.198. The van der Waals surface area contributed by atoms with Crippen molar-refractivity contribution in [2.45, 2.75) is 51.5 Å². The third-order valence-corrected chi connectivity index (χ3v) is 3.38. The first-order valence-corrected chi connectivity index (χ1v) is 6.86. The Labute approximate surface area is 104 Å². The van der Waals surface area contributed by atoms with Crippen molar-refractivity contribution < 1.29 is 9.90 Å². The number of unbranched alkanes of at least 4 members (excludes halogenated alkanes) is 3. The first kappa shape index (κ1) is 14.5. The highest BCUT2D eigenvalue weighted by molar-refractivity contribution is 5.78. The Hall–Kier alpha value is -0.610. The highest BCUT2D eigenvalue weighted by Crippen LogP contribution is 2.15. The molecule has 0 spiro atoms. The SMILES string of the molecule is CC1CC(C(=O)NCCCCCCO)CCN1. The van der Waals surface area contributed by atoms with Crippen LogP contribution in [0.5, 0.6) is 0 Å². The van der Waals surface area contributed by atoms with Gasteiger partial charge in [0.05, 0.1) is 0 Å². The molecular formula is C13H26N2O2. The van der Waals surface area contributed by atoms with Crippen LogP contribution in [0.2, 0.25) is 0 Å². The minimum Gasteiger partial charge on any atom is -0.396 e. The highest BCUT2D eigenvalue weighted by Gasteiger charge is 2.23. The van der Waals surface area contributed by atoms with E-state index in [1.807, 2.05) is 0 Å². The van der Waals surface area contributed by atoms with Gasteiger partial charge in [-0.05, 0) is 39.2 Å².